The fourth-order valence-electron chi connectivity index (χ4n) is 1.81. The van der Waals surface area contributed by atoms with Crippen molar-refractivity contribution in [2.24, 2.45) is 0 Å². The molecule has 8 heteroatoms. The van der Waals surface area contributed by atoms with Crippen molar-refractivity contribution in [1.82, 2.24) is 19.5 Å². The summed E-state index contributed by atoms with van der Waals surface area (Å²) in [5.41, 5.74) is -0.845. The Hall–Kier alpha value is -1.63. The van der Waals surface area contributed by atoms with Crippen LogP contribution in [0.15, 0.2) is 18.5 Å². The highest BCUT2D eigenvalue weighted by Gasteiger charge is 2.33. The van der Waals surface area contributed by atoms with Crippen molar-refractivity contribution in [3.8, 4) is 0 Å². The van der Waals surface area contributed by atoms with Crippen LogP contribution < -0.4 is 0 Å². The topological polar surface area (TPSA) is 43.6 Å². The van der Waals surface area contributed by atoms with Gasteiger partial charge >= 0.3 is 6.18 Å². The molecule has 0 aliphatic rings. The Kier molecular flexibility index (Phi) is 4.27. The van der Waals surface area contributed by atoms with Gasteiger partial charge < -0.3 is 4.57 Å². The van der Waals surface area contributed by atoms with Crippen molar-refractivity contribution in [2.75, 3.05) is 0 Å². The van der Waals surface area contributed by atoms with Gasteiger partial charge in [0, 0.05) is 25.4 Å². The fraction of sp³-hybridized carbons (Fsp3) is 0.417. The summed E-state index contributed by atoms with van der Waals surface area (Å²) in [7, 11) is 0. The number of rotatable bonds is 4. The van der Waals surface area contributed by atoms with Gasteiger partial charge in [0.15, 0.2) is 0 Å². The van der Waals surface area contributed by atoms with Gasteiger partial charge in [0.05, 0.1) is 5.69 Å². The van der Waals surface area contributed by atoms with E-state index in [9.17, 15) is 13.2 Å². The van der Waals surface area contributed by atoms with Gasteiger partial charge in [0.1, 0.15) is 11.5 Å². The molecule has 0 saturated carbocycles. The molecule has 0 atom stereocenters. The Labute approximate surface area is 118 Å². The third-order valence-electron chi connectivity index (χ3n) is 2.65. The minimum absolute atomic E-state index is 0.179. The van der Waals surface area contributed by atoms with Crippen LogP contribution in [0.3, 0.4) is 0 Å². The van der Waals surface area contributed by atoms with E-state index in [-0.39, 0.29) is 12.1 Å². The SMILES string of the molecule is CCCn1ccnc1Cc1cc(C(F)(F)F)nc(Cl)n1. The van der Waals surface area contributed by atoms with E-state index in [4.69, 9.17) is 11.6 Å². The lowest BCUT2D eigenvalue weighted by Crippen LogP contribution is -2.11. The number of aryl methyl sites for hydroxylation is 1. The van der Waals surface area contributed by atoms with E-state index < -0.39 is 17.2 Å². The van der Waals surface area contributed by atoms with Crippen molar-refractivity contribution in [3.63, 3.8) is 0 Å². The number of alkyl halides is 3. The number of hydrogen-bond acceptors (Lipinski definition) is 3. The van der Waals surface area contributed by atoms with E-state index in [0.717, 1.165) is 19.0 Å². The third kappa shape index (κ3) is 3.47. The van der Waals surface area contributed by atoms with Crippen molar-refractivity contribution >= 4 is 11.6 Å². The summed E-state index contributed by atoms with van der Waals surface area (Å²) in [5.74, 6) is 0.648. The van der Waals surface area contributed by atoms with Crippen molar-refractivity contribution in [1.29, 1.82) is 0 Å². The van der Waals surface area contributed by atoms with Crippen LogP contribution >= 0.6 is 11.6 Å². The van der Waals surface area contributed by atoms with Crippen LogP contribution in [0.5, 0.6) is 0 Å². The minimum atomic E-state index is -4.54. The van der Waals surface area contributed by atoms with E-state index in [1.807, 2.05) is 11.5 Å². The van der Waals surface area contributed by atoms with Gasteiger partial charge in [-0.1, -0.05) is 6.92 Å². The van der Waals surface area contributed by atoms with E-state index in [0.29, 0.717) is 5.82 Å². The van der Waals surface area contributed by atoms with Crippen LogP contribution in [0, 0.1) is 0 Å². The Balaban J connectivity index is 2.29. The first kappa shape index (κ1) is 14.8. The maximum atomic E-state index is 12.7. The lowest BCUT2D eigenvalue weighted by Gasteiger charge is -2.09. The highest BCUT2D eigenvalue weighted by molar-refractivity contribution is 6.28. The molecule has 0 radical (unpaired) electrons. The molecule has 0 bridgehead atoms. The summed E-state index contributed by atoms with van der Waals surface area (Å²) >= 11 is 5.55. The van der Waals surface area contributed by atoms with Crippen LogP contribution in [0.4, 0.5) is 13.2 Å². The zero-order valence-electron chi connectivity index (χ0n) is 10.7. The third-order valence-corrected chi connectivity index (χ3v) is 2.82. The second-order valence-electron chi connectivity index (χ2n) is 4.22. The molecule has 0 N–H and O–H groups in total. The summed E-state index contributed by atoms with van der Waals surface area (Å²) in [6.45, 7) is 2.76. The Morgan fingerprint density at radius 1 is 1.30 bits per heavy atom. The van der Waals surface area contributed by atoms with Crippen molar-refractivity contribution < 1.29 is 13.2 Å². The number of imidazole rings is 1. The quantitative estimate of drug-likeness (QED) is 0.814. The molecule has 2 aromatic heterocycles. The van der Waals surface area contributed by atoms with Crippen LogP contribution in [-0.2, 0) is 19.1 Å². The average Bonchev–Trinajstić information content (AvgIpc) is 2.75. The molecule has 4 nitrogen and oxygen atoms in total. The molecule has 0 aromatic carbocycles. The predicted molar refractivity (Wildman–Crippen MR) is 67.4 cm³/mol. The molecule has 0 saturated heterocycles. The van der Waals surface area contributed by atoms with Crippen LogP contribution in [0.1, 0.15) is 30.6 Å². The zero-order valence-corrected chi connectivity index (χ0v) is 11.4. The molecular weight excluding hydrogens is 293 g/mol. The molecule has 2 heterocycles. The second kappa shape index (κ2) is 5.78. The first-order chi connectivity index (χ1) is 9.40. The normalized spacial score (nSPS) is 11.8. The Bertz CT molecular complexity index is 595. The molecular formula is C12H12ClF3N4. The smallest absolute Gasteiger partial charge is 0.335 e. The lowest BCUT2D eigenvalue weighted by molar-refractivity contribution is -0.141. The Morgan fingerprint density at radius 3 is 2.70 bits per heavy atom. The molecule has 108 valence electrons. The fourth-order valence-corrected chi connectivity index (χ4v) is 2.01. The van der Waals surface area contributed by atoms with E-state index in [1.165, 1.54) is 0 Å². The highest BCUT2D eigenvalue weighted by atomic mass is 35.5. The van der Waals surface area contributed by atoms with E-state index >= 15 is 0 Å². The largest absolute Gasteiger partial charge is 0.433 e. The molecule has 2 aromatic rings. The van der Waals surface area contributed by atoms with Gasteiger partial charge in [-0.05, 0) is 24.1 Å². The summed E-state index contributed by atoms with van der Waals surface area (Å²) in [6.07, 6.45) is -0.0645. The molecule has 0 amide bonds. The van der Waals surface area contributed by atoms with Gasteiger partial charge in [0.25, 0.3) is 0 Å². The molecule has 0 aliphatic heterocycles. The van der Waals surface area contributed by atoms with Crippen molar-refractivity contribution in [3.05, 3.63) is 41.0 Å². The monoisotopic (exact) mass is 304 g/mol. The number of halogens is 4. The maximum Gasteiger partial charge on any atom is 0.433 e. The van der Waals surface area contributed by atoms with Gasteiger partial charge in [0.2, 0.25) is 5.28 Å². The Morgan fingerprint density at radius 2 is 2.05 bits per heavy atom. The molecule has 20 heavy (non-hydrogen) atoms. The van der Waals surface area contributed by atoms with Crippen LogP contribution in [-0.4, -0.2) is 19.5 Å². The first-order valence-electron chi connectivity index (χ1n) is 6.01. The maximum absolute atomic E-state index is 12.7. The minimum Gasteiger partial charge on any atom is -0.335 e. The molecule has 0 fully saturated rings. The molecule has 0 aliphatic carbocycles. The number of nitrogens with zero attached hydrogens (tertiary/aromatic N) is 4. The highest BCUT2D eigenvalue weighted by Crippen LogP contribution is 2.28. The predicted octanol–water partition coefficient (Wildman–Crippen LogP) is 3.35. The average molecular weight is 305 g/mol. The first-order valence-corrected chi connectivity index (χ1v) is 6.38. The standard InChI is InChI=1S/C12H12ClF3N4/c1-2-4-20-5-3-17-10(20)7-8-6-9(12(14,15)16)19-11(13)18-8/h3,5-6H,2,4,7H2,1H3. The molecule has 0 spiro atoms. The van der Waals surface area contributed by atoms with E-state index in [1.54, 1.807) is 12.4 Å². The lowest BCUT2D eigenvalue weighted by atomic mass is 10.2. The molecule has 0 unspecified atom stereocenters. The van der Waals surface area contributed by atoms with Gasteiger partial charge in [-0.15, -0.1) is 0 Å². The van der Waals surface area contributed by atoms with Gasteiger partial charge in [-0.2, -0.15) is 13.2 Å². The van der Waals surface area contributed by atoms with Crippen LogP contribution in [0.25, 0.3) is 0 Å². The van der Waals surface area contributed by atoms with Crippen molar-refractivity contribution in [2.45, 2.75) is 32.5 Å². The zero-order chi connectivity index (χ0) is 14.8. The summed E-state index contributed by atoms with van der Waals surface area (Å²) in [5, 5.41) is -0.413. The van der Waals surface area contributed by atoms with Gasteiger partial charge in [-0.3, -0.25) is 0 Å². The van der Waals surface area contributed by atoms with E-state index in [2.05, 4.69) is 15.0 Å². The summed E-state index contributed by atoms with van der Waals surface area (Å²) < 4.78 is 39.8. The van der Waals surface area contributed by atoms with Crippen LogP contribution in [0.2, 0.25) is 5.28 Å². The molecule has 2 rings (SSSR count). The summed E-state index contributed by atoms with van der Waals surface area (Å²) in [6, 6.07) is 0.900. The second-order valence-corrected chi connectivity index (χ2v) is 4.56. The van der Waals surface area contributed by atoms with Gasteiger partial charge in [-0.25, -0.2) is 15.0 Å². The summed E-state index contributed by atoms with van der Waals surface area (Å²) in [4.78, 5) is 11.1. The number of aromatic nitrogens is 4. The number of hydrogen-bond donors (Lipinski definition) is 0.